The number of nitrogens with zero attached hydrogens (tertiary/aromatic N) is 3. The van der Waals surface area contributed by atoms with Crippen molar-refractivity contribution in [3.8, 4) is 0 Å². The van der Waals surface area contributed by atoms with Crippen molar-refractivity contribution in [1.82, 2.24) is 14.1 Å². The molecule has 1 aromatic rings. The molecule has 1 atom stereocenters. The van der Waals surface area contributed by atoms with E-state index < -0.39 is 15.5 Å². The molecular formula is C12H14F3N3O3S. The number of hydrogen-bond acceptors (Lipinski definition) is 4. The molecule has 1 amide bonds. The Morgan fingerprint density at radius 2 is 2.00 bits per heavy atom. The SMILES string of the molecule is O=C1CCCN1C1CCc2c(cnn2S(=O)(=O)C(F)(F)F)C1. The molecule has 1 aromatic heterocycles. The van der Waals surface area contributed by atoms with E-state index >= 15 is 0 Å². The standard InChI is InChI=1S/C12H14F3N3O3S/c13-12(14,15)22(20,21)18-10-4-3-9(6-8(10)7-16-18)17-5-1-2-11(17)19/h7,9H,1-6H2. The van der Waals surface area contributed by atoms with Crippen LogP contribution in [-0.2, 0) is 27.7 Å². The van der Waals surface area contributed by atoms with Crippen LogP contribution in [0.2, 0.25) is 0 Å². The quantitative estimate of drug-likeness (QED) is 0.809. The first kappa shape index (κ1) is 15.3. The van der Waals surface area contributed by atoms with Crippen molar-refractivity contribution >= 4 is 15.9 Å². The Bertz CT molecular complexity index is 711. The van der Waals surface area contributed by atoms with Crippen molar-refractivity contribution in [3.63, 3.8) is 0 Å². The summed E-state index contributed by atoms with van der Waals surface area (Å²) in [6, 6.07) is -0.0891. The monoisotopic (exact) mass is 337 g/mol. The molecule has 6 nitrogen and oxygen atoms in total. The number of aromatic nitrogens is 2. The lowest BCUT2D eigenvalue weighted by Crippen LogP contribution is -2.40. The van der Waals surface area contributed by atoms with Crippen molar-refractivity contribution < 1.29 is 26.4 Å². The number of rotatable bonds is 2. The fourth-order valence-corrected chi connectivity index (χ4v) is 3.97. The zero-order valence-corrected chi connectivity index (χ0v) is 12.3. The zero-order chi connectivity index (χ0) is 16.1. The first-order valence-electron chi connectivity index (χ1n) is 6.89. The molecule has 0 spiro atoms. The van der Waals surface area contributed by atoms with Crippen LogP contribution in [0.4, 0.5) is 13.2 Å². The van der Waals surface area contributed by atoms with E-state index in [2.05, 4.69) is 5.10 Å². The summed E-state index contributed by atoms with van der Waals surface area (Å²) < 4.78 is 61.0. The van der Waals surface area contributed by atoms with E-state index in [1.54, 1.807) is 4.90 Å². The highest BCUT2D eigenvalue weighted by Crippen LogP contribution is 2.31. The van der Waals surface area contributed by atoms with E-state index in [9.17, 15) is 26.4 Å². The molecule has 1 fully saturated rings. The molecule has 1 saturated heterocycles. The third kappa shape index (κ3) is 2.29. The van der Waals surface area contributed by atoms with Gasteiger partial charge in [-0.2, -0.15) is 30.8 Å². The van der Waals surface area contributed by atoms with Gasteiger partial charge in [0.1, 0.15) is 0 Å². The Balaban J connectivity index is 1.88. The molecule has 122 valence electrons. The minimum atomic E-state index is -5.50. The van der Waals surface area contributed by atoms with Gasteiger partial charge in [-0.25, -0.2) is 0 Å². The fourth-order valence-electron chi connectivity index (χ4n) is 3.10. The summed E-state index contributed by atoms with van der Waals surface area (Å²) in [4.78, 5) is 13.5. The summed E-state index contributed by atoms with van der Waals surface area (Å²) in [6.07, 6.45) is 3.37. The van der Waals surface area contributed by atoms with Crippen LogP contribution < -0.4 is 0 Å². The Morgan fingerprint density at radius 3 is 2.59 bits per heavy atom. The lowest BCUT2D eigenvalue weighted by Gasteiger charge is -2.31. The average Bonchev–Trinajstić information content (AvgIpc) is 3.02. The number of hydrogen-bond donors (Lipinski definition) is 0. The van der Waals surface area contributed by atoms with Crippen LogP contribution in [0.1, 0.15) is 30.5 Å². The van der Waals surface area contributed by atoms with E-state index in [4.69, 9.17) is 0 Å². The Kier molecular flexibility index (Phi) is 3.46. The summed E-state index contributed by atoms with van der Waals surface area (Å²) >= 11 is 0. The summed E-state index contributed by atoms with van der Waals surface area (Å²) in [6.45, 7) is 0.647. The Morgan fingerprint density at radius 1 is 1.27 bits per heavy atom. The van der Waals surface area contributed by atoms with E-state index in [0.717, 1.165) is 12.6 Å². The maximum Gasteiger partial charge on any atom is 0.518 e. The third-order valence-corrected chi connectivity index (χ3v) is 5.52. The van der Waals surface area contributed by atoms with Crippen LogP contribution >= 0.6 is 0 Å². The summed E-state index contributed by atoms with van der Waals surface area (Å²) in [5, 5.41) is 3.42. The fraction of sp³-hybridized carbons (Fsp3) is 0.667. The molecule has 1 aliphatic heterocycles. The second kappa shape index (κ2) is 4.97. The average molecular weight is 337 g/mol. The van der Waals surface area contributed by atoms with Crippen LogP contribution in [-0.4, -0.2) is 46.5 Å². The van der Waals surface area contributed by atoms with Gasteiger partial charge in [-0.15, -0.1) is 0 Å². The molecule has 2 aliphatic rings. The summed E-state index contributed by atoms with van der Waals surface area (Å²) in [5.74, 6) is 0.0451. The van der Waals surface area contributed by atoms with E-state index in [1.165, 1.54) is 0 Å². The van der Waals surface area contributed by atoms with E-state index in [-0.39, 0.29) is 28.2 Å². The van der Waals surface area contributed by atoms with Gasteiger partial charge in [0.05, 0.1) is 11.9 Å². The highest BCUT2D eigenvalue weighted by atomic mass is 32.2. The van der Waals surface area contributed by atoms with Crippen molar-refractivity contribution in [2.24, 2.45) is 0 Å². The number of fused-ring (bicyclic) bond motifs is 1. The molecular weight excluding hydrogens is 323 g/mol. The van der Waals surface area contributed by atoms with Gasteiger partial charge in [0, 0.05) is 19.0 Å². The number of carbonyl (C=O) groups is 1. The van der Waals surface area contributed by atoms with Gasteiger partial charge in [0.15, 0.2) is 0 Å². The van der Waals surface area contributed by atoms with Gasteiger partial charge in [-0.05, 0) is 31.2 Å². The second-order valence-electron chi connectivity index (χ2n) is 5.50. The maximum absolute atomic E-state index is 12.6. The third-order valence-electron chi connectivity index (χ3n) is 4.16. The lowest BCUT2D eigenvalue weighted by atomic mass is 9.92. The normalized spacial score (nSPS) is 23.0. The molecule has 0 bridgehead atoms. The molecule has 10 heteroatoms. The molecule has 0 saturated carbocycles. The first-order valence-corrected chi connectivity index (χ1v) is 8.33. The number of alkyl halides is 3. The number of carbonyl (C=O) groups excluding carboxylic acids is 1. The first-order chi connectivity index (χ1) is 10.2. The molecule has 2 heterocycles. The van der Waals surface area contributed by atoms with E-state index in [1.807, 2.05) is 0 Å². The minimum absolute atomic E-state index is 0.0451. The smallest absolute Gasteiger partial charge is 0.339 e. The summed E-state index contributed by atoms with van der Waals surface area (Å²) in [5.41, 5.74) is -4.85. The van der Waals surface area contributed by atoms with Gasteiger partial charge in [0.2, 0.25) is 5.91 Å². The van der Waals surface area contributed by atoms with Gasteiger partial charge in [-0.3, -0.25) is 4.79 Å². The van der Waals surface area contributed by atoms with Crippen molar-refractivity contribution in [2.75, 3.05) is 6.54 Å². The van der Waals surface area contributed by atoms with Crippen LogP contribution in [0.3, 0.4) is 0 Å². The lowest BCUT2D eigenvalue weighted by molar-refractivity contribution is -0.129. The second-order valence-corrected chi connectivity index (χ2v) is 7.26. The Hall–Kier alpha value is -1.58. The molecule has 1 unspecified atom stereocenters. The number of halogens is 3. The highest BCUT2D eigenvalue weighted by Gasteiger charge is 2.49. The molecule has 0 N–H and O–H groups in total. The van der Waals surface area contributed by atoms with Crippen molar-refractivity contribution in [2.45, 2.75) is 43.7 Å². The maximum atomic E-state index is 12.6. The van der Waals surface area contributed by atoms with Crippen molar-refractivity contribution in [1.29, 1.82) is 0 Å². The summed E-state index contributed by atoms with van der Waals surface area (Å²) in [7, 11) is -5.50. The van der Waals surface area contributed by atoms with Gasteiger partial charge in [-0.1, -0.05) is 0 Å². The molecule has 0 aromatic carbocycles. The van der Waals surface area contributed by atoms with Gasteiger partial charge in [0.25, 0.3) is 0 Å². The number of amides is 1. The zero-order valence-electron chi connectivity index (χ0n) is 11.5. The van der Waals surface area contributed by atoms with Gasteiger partial charge >= 0.3 is 15.5 Å². The predicted octanol–water partition coefficient (Wildman–Crippen LogP) is 1.06. The highest BCUT2D eigenvalue weighted by molar-refractivity contribution is 7.90. The van der Waals surface area contributed by atoms with Crippen molar-refractivity contribution in [3.05, 3.63) is 17.5 Å². The van der Waals surface area contributed by atoms with Crippen LogP contribution in [0.25, 0.3) is 0 Å². The van der Waals surface area contributed by atoms with Crippen LogP contribution in [0.5, 0.6) is 0 Å². The molecule has 3 rings (SSSR count). The van der Waals surface area contributed by atoms with Gasteiger partial charge < -0.3 is 4.90 Å². The molecule has 1 aliphatic carbocycles. The minimum Gasteiger partial charge on any atom is -0.339 e. The van der Waals surface area contributed by atoms with Crippen LogP contribution in [0, 0.1) is 0 Å². The predicted molar refractivity (Wildman–Crippen MR) is 69.4 cm³/mol. The largest absolute Gasteiger partial charge is 0.518 e. The Labute approximate surface area is 124 Å². The van der Waals surface area contributed by atoms with Crippen LogP contribution in [0.15, 0.2) is 6.20 Å². The number of likely N-dealkylation sites (tertiary alicyclic amines) is 1. The molecule has 22 heavy (non-hydrogen) atoms. The van der Waals surface area contributed by atoms with E-state index in [0.29, 0.717) is 31.4 Å². The topological polar surface area (TPSA) is 72.3 Å². The molecule has 0 radical (unpaired) electrons.